The zero-order chi connectivity index (χ0) is 13.2. The summed E-state index contributed by atoms with van der Waals surface area (Å²) in [5, 5.41) is 3.81. The topological polar surface area (TPSA) is 24.5 Å². The van der Waals surface area contributed by atoms with Gasteiger partial charge in [-0.2, -0.15) is 0 Å². The van der Waals surface area contributed by atoms with Crippen molar-refractivity contribution < 1.29 is 4.74 Å². The van der Waals surface area contributed by atoms with Crippen LogP contribution in [0.25, 0.3) is 0 Å². The summed E-state index contributed by atoms with van der Waals surface area (Å²) in [5.74, 6) is 1.67. The van der Waals surface area contributed by atoms with Gasteiger partial charge in [-0.15, -0.1) is 0 Å². The molecule has 3 atom stereocenters. The lowest BCUT2D eigenvalue weighted by Gasteiger charge is -2.50. The molecule has 2 rings (SSSR count). The van der Waals surface area contributed by atoms with Crippen LogP contribution in [0.15, 0.2) is 0 Å². The average Bonchev–Trinajstić information content (AvgIpc) is 3.21. The van der Waals surface area contributed by atoms with Crippen LogP contribution in [0.2, 0.25) is 0 Å². The first-order chi connectivity index (χ1) is 8.61. The number of hydrogen-bond donors (Lipinski definition) is 1. The van der Waals surface area contributed by atoms with E-state index in [1.54, 1.807) is 0 Å². The molecular formula is C15H30N2O. The lowest BCUT2D eigenvalue weighted by Crippen LogP contribution is -2.66. The molecule has 3 unspecified atom stereocenters. The fourth-order valence-corrected chi connectivity index (χ4v) is 3.28. The summed E-state index contributed by atoms with van der Waals surface area (Å²) in [6, 6.07) is 0.652. The van der Waals surface area contributed by atoms with Gasteiger partial charge in [0.05, 0.1) is 6.61 Å². The summed E-state index contributed by atoms with van der Waals surface area (Å²) in [6.45, 7) is 11.4. The molecule has 1 aliphatic heterocycles. The molecule has 2 fully saturated rings. The summed E-state index contributed by atoms with van der Waals surface area (Å²) < 4.78 is 5.30. The largest absolute Gasteiger partial charge is 0.383 e. The Morgan fingerprint density at radius 3 is 2.72 bits per heavy atom. The molecule has 1 saturated heterocycles. The van der Waals surface area contributed by atoms with Crippen LogP contribution in [-0.2, 0) is 4.74 Å². The van der Waals surface area contributed by atoms with E-state index in [-0.39, 0.29) is 0 Å². The van der Waals surface area contributed by atoms with Crippen LogP contribution in [0.1, 0.15) is 40.0 Å². The molecule has 0 amide bonds. The second kappa shape index (κ2) is 5.89. The van der Waals surface area contributed by atoms with Crippen LogP contribution in [0.4, 0.5) is 0 Å². The second-order valence-electron chi connectivity index (χ2n) is 6.44. The van der Waals surface area contributed by atoms with Crippen molar-refractivity contribution in [1.82, 2.24) is 10.2 Å². The molecule has 0 spiro atoms. The molecule has 0 radical (unpaired) electrons. The Balaban J connectivity index is 2.00. The Hall–Kier alpha value is -0.120. The minimum atomic E-state index is 0.364. The highest BCUT2D eigenvalue weighted by Gasteiger charge is 2.48. The predicted octanol–water partition coefficient (Wildman–Crippen LogP) is 2.12. The number of piperazine rings is 1. The monoisotopic (exact) mass is 254 g/mol. The minimum Gasteiger partial charge on any atom is -0.383 e. The van der Waals surface area contributed by atoms with Gasteiger partial charge >= 0.3 is 0 Å². The van der Waals surface area contributed by atoms with Crippen molar-refractivity contribution in [2.45, 2.75) is 51.6 Å². The van der Waals surface area contributed by atoms with E-state index >= 15 is 0 Å². The van der Waals surface area contributed by atoms with E-state index in [0.29, 0.717) is 11.6 Å². The summed E-state index contributed by atoms with van der Waals surface area (Å²) in [5.41, 5.74) is 0.364. The molecule has 1 N–H and O–H groups in total. The van der Waals surface area contributed by atoms with Gasteiger partial charge in [-0.05, 0) is 31.6 Å². The number of hydrogen-bond acceptors (Lipinski definition) is 3. The van der Waals surface area contributed by atoms with Crippen molar-refractivity contribution in [3.8, 4) is 0 Å². The Morgan fingerprint density at radius 1 is 1.44 bits per heavy atom. The molecule has 0 aromatic rings. The van der Waals surface area contributed by atoms with Gasteiger partial charge in [-0.3, -0.25) is 4.90 Å². The summed E-state index contributed by atoms with van der Waals surface area (Å²) in [4.78, 5) is 2.70. The van der Waals surface area contributed by atoms with Crippen LogP contribution >= 0.6 is 0 Å². The van der Waals surface area contributed by atoms with Crippen molar-refractivity contribution >= 4 is 0 Å². The molecule has 1 aliphatic carbocycles. The van der Waals surface area contributed by atoms with Crippen molar-refractivity contribution in [2.24, 2.45) is 11.8 Å². The van der Waals surface area contributed by atoms with E-state index < -0.39 is 0 Å². The number of nitrogens with zero attached hydrogens (tertiary/aromatic N) is 1. The molecule has 0 aromatic carbocycles. The summed E-state index contributed by atoms with van der Waals surface area (Å²) in [6.07, 6.45) is 4.08. The zero-order valence-electron chi connectivity index (χ0n) is 12.5. The maximum absolute atomic E-state index is 5.30. The number of ether oxygens (including phenoxy) is 1. The van der Waals surface area contributed by atoms with E-state index in [4.69, 9.17) is 4.74 Å². The van der Waals surface area contributed by atoms with Crippen LogP contribution in [0.5, 0.6) is 0 Å². The molecular weight excluding hydrogens is 224 g/mol. The van der Waals surface area contributed by atoms with E-state index in [2.05, 4.69) is 31.0 Å². The van der Waals surface area contributed by atoms with Gasteiger partial charge in [0, 0.05) is 38.3 Å². The van der Waals surface area contributed by atoms with Crippen molar-refractivity contribution in [2.75, 3.05) is 33.4 Å². The second-order valence-corrected chi connectivity index (χ2v) is 6.44. The van der Waals surface area contributed by atoms with Crippen molar-refractivity contribution in [3.63, 3.8) is 0 Å². The molecule has 3 heteroatoms. The van der Waals surface area contributed by atoms with Crippen LogP contribution < -0.4 is 5.32 Å². The average molecular weight is 254 g/mol. The van der Waals surface area contributed by atoms with Gasteiger partial charge in [-0.1, -0.05) is 20.3 Å². The van der Waals surface area contributed by atoms with Gasteiger partial charge in [0.2, 0.25) is 0 Å². The number of rotatable bonds is 6. The third-order valence-electron chi connectivity index (χ3n) is 5.21. The fraction of sp³-hybridized carbons (Fsp3) is 1.00. The molecule has 3 nitrogen and oxygen atoms in total. The summed E-state index contributed by atoms with van der Waals surface area (Å²) >= 11 is 0. The van der Waals surface area contributed by atoms with Gasteiger partial charge in [0.15, 0.2) is 0 Å². The van der Waals surface area contributed by atoms with E-state index in [9.17, 15) is 0 Å². The lowest BCUT2D eigenvalue weighted by molar-refractivity contribution is 0.00592. The number of nitrogens with one attached hydrogen (secondary N) is 1. The minimum absolute atomic E-state index is 0.364. The molecule has 18 heavy (non-hydrogen) atoms. The first-order valence-corrected chi connectivity index (χ1v) is 7.59. The Kier molecular flexibility index (Phi) is 4.68. The molecule has 2 aliphatic rings. The molecule has 0 aromatic heterocycles. The SMILES string of the molecule is CCC(C)C1CN(CCOC)C(C)(C2CC2)CN1. The highest BCUT2D eigenvalue weighted by molar-refractivity contribution is 5.05. The number of methoxy groups -OCH3 is 1. The predicted molar refractivity (Wildman–Crippen MR) is 75.8 cm³/mol. The first-order valence-electron chi connectivity index (χ1n) is 7.59. The van der Waals surface area contributed by atoms with Crippen molar-refractivity contribution in [3.05, 3.63) is 0 Å². The van der Waals surface area contributed by atoms with Gasteiger partial charge < -0.3 is 10.1 Å². The van der Waals surface area contributed by atoms with Gasteiger partial charge in [0.25, 0.3) is 0 Å². The quantitative estimate of drug-likeness (QED) is 0.786. The van der Waals surface area contributed by atoms with Crippen LogP contribution in [0, 0.1) is 11.8 Å². The highest BCUT2D eigenvalue weighted by atomic mass is 16.5. The zero-order valence-corrected chi connectivity index (χ0v) is 12.5. The van der Waals surface area contributed by atoms with Crippen molar-refractivity contribution in [1.29, 1.82) is 0 Å². The molecule has 0 bridgehead atoms. The van der Waals surface area contributed by atoms with Gasteiger partial charge in [0.1, 0.15) is 0 Å². The Morgan fingerprint density at radius 2 is 2.17 bits per heavy atom. The fourth-order valence-electron chi connectivity index (χ4n) is 3.28. The maximum Gasteiger partial charge on any atom is 0.0589 e. The van der Waals surface area contributed by atoms with Crippen LogP contribution in [-0.4, -0.2) is 49.8 Å². The maximum atomic E-state index is 5.30. The summed E-state index contributed by atoms with van der Waals surface area (Å²) in [7, 11) is 1.81. The van der Waals surface area contributed by atoms with E-state index in [1.807, 2.05) is 7.11 Å². The standard InChI is InChI=1S/C15H30N2O/c1-5-12(2)14-10-17(8-9-18-4)15(3,11-16-14)13-6-7-13/h12-14,16H,5-11H2,1-4H3. The molecule has 1 saturated carbocycles. The Bertz CT molecular complexity index is 267. The molecule has 1 heterocycles. The van der Waals surface area contributed by atoms with Crippen LogP contribution in [0.3, 0.4) is 0 Å². The lowest BCUT2D eigenvalue weighted by atomic mass is 9.86. The smallest absolute Gasteiger partial charge is 0.0589 e. The van der Waals surface area contributed by atoms with E-state index in [1.165, 1.54) is 25.8 Å². The van der Waals surface area contributed by atoms with E-state index in [0.717, 1.165) is 31.5 Å². The third kappa shape index (κ3) is 2.89. The third-order valence-corrected chi connectivity index (χ3v) is 5.21. The molecule has 106 valence electrons. The normalized spacial score (nSPS) is 35.7. The first kappa shape index (κ1) is 14.3. The Labute approximate surface area is 112 Å². The van der Waals surface area contributed by atoms with Gasteiger partial charge in [-0.25, -0.2) is 0 Å². The highest BCUT2D eigenvalue weighted by Crippen LogP contribution is 2.44.